The first-order valence-electron chi connectivity index (χ1n) is 5.76. The quantitative estimate of drug-likeness (QED) is 0.828. The van der Waals surface area contributed by atoms with Crippen molar-refractivity contribution in [1.29, 1.82) is 5.26 Å². The van der Waals surface area contributed by atoms with Crippen molar-refractivity contribution in [1.82, 2.24) is 0 Å². The van der Waals surface area contributed by atoms with Crippen LogP contribution in [0.4, 0.5) is 11.4 Å². The Morgan fingerprint density at radius 2 is 2.28 bits per heavy atom. The van der Waals surface area contributed by atoms with Crippen molar-refractivity contribution in [2.75, 3.05) is 23.3 Å². The number of hydrogen-bond acceptors (Lipinski definition) is 4. The van der Waals surface area contributed by atoms with Gasteiger partial charge >= 0.3 is 5.97 Å². The van der Waals surface area contributed by atoms with Crippen LogP contribution in [0.15, 0.2) is 18.2 Å². The highest BCUT2D eigenvalue weighted by Crippen LogP contribution is 2.34. The minimum Gasteiger partial charge on any atom is -0.480 e. The maximum atomic E-state index is 11.4. The highest BCUT2D eigenvalue weighted by molar-refractivity contribution is 5.86. The Kier molecular flexibility index (Phi) is 2.87. The highest BCUT2D eigenvalue weighted by atomic mass is 16.4. The van der Waals surface area contributed by atoms with Crippen LogP contribution >= 0.6 is 0 Å². The van der Waals surface area contributed by atoms with E-state index in [-0.39, 0.29) is 0 Å². The zero-order valence-corrected chi connectivity index (χ0v) is 10.4. The van der Waals surface area contributed by atoms with Gasteiger partial charge in [0.1, 0.15) is 5.54 Å². The average Bonchev–Trinajstić information content (AvgIpc) is 2.37. The monoisotopic (exact) mass is 245 g/mol. The maximum Gasteiger partial charge on any atom is 0.328 e. The molecular formula is C13H15N3O2. The number of carbonyl (C=O) groups is 1. The van der Waals surface area contributed by atoms with Gasteiger partial charge in [-0.1, -0.05) is 0 Å². The molecule has 5 heteroatoms. The smallest absolute Gasteiger partial charge is 0.328 e. The van der Waals surface area contributed by atoms with Crippen LogP contribution in [0.3, 0.4) is 0 Å². The van der Waals surface area contributed by atoms with Crippen LogP contribution in [0.25, 0.3) is 0 Å². The molecule has 1 aliphatic rings. The number of anilines is 2. The molecule has 1 aromatic carbocycles. The number of benzene rings is 1. The number of nitrogens with one attached hydrogen (secondary N) is 1. The molecule has 94 valence electrons. The Labute approximate surface area is 106 Å². The molecule has 1 heterocycles. The zero-order chi connectivity index (χ0) is 13.3. The van der Waals surface area contributed by atoms with Crippen LogP contribution in [-0.4, -0.2) is 29.7 Å². The Bertz CT molecular complexity index is 532. The van der Waals surface area contributed by atoms with E-state index < -0.39 is 11.5 Å². The maximum absolute atomic E-state index is 11.4. The second kappa shape index (κ2) is 4.22. The molecule has 0 bridgehead atoms. The third-order valence-electron chi connectivity index (χ3n) is 3.27. The zero-order valence-electron chi connectivity index (χ0n) is 10.4. The molecular weight excluding hydrogens is 230 g/mol. The van der Waals surface area contributed by atoms with Crippen LogP contribution in [0.2, 0.25) is 0 Å². The van der Waals surface area contributed by atoms with Gasteiger partial charge in [0.25, 0.3) is 0 Å². The summed E-state index contributed by atoms with van der Waals surface area (Å²) in [4.78, 5) is 13.2. The van der Waals surface area contributed by atoms with Gasteiger partial charge in [0.2, 0.25) is 0 Å². The predicted octanol–water partition coefficient (Wildman–Crippen LogP) is 1.65. The van der Waals surface area contributed by atoms with E-state index in [4.69, 9.17) is 5.26 Å². The summed E-state index contributed by atoms with van der Waals surface area (Å²) >= 11 is 0. The third-order valence-corrected chi connectivity index (χ3v) is 3.27. The number of nitriles is 1. The molecule has 5 nitrogen and oxygen atoms in total. The van der Waals surface area contributed by atoms with Gasteiger partial charge in [0, 0.05) is 13.1 Å². The summed E-state index contributed by atoms with van der Waals surface area (Å²) < 4.78 is 0. The number of carboxylic acids is 1. The van der Waals surface area contributed by atoms with E-state index in [1.54, 1.807) is 26.0 Å². The molecule has 1 aromatic rings. The number of aliphatic carboxylic acids is 1. The number of carboxylic acid groups (broad SMARTS) is 1. The van der Waals surface area contributed by atoms with Crippen molar-refractivity contribution < 1.29 is 9.90 Å². The lowest BCUT2D eigenvalue weighted by atomic mass is 9.99. The molecule has 0 aromatic heterocycles. The van der Waals surface area contributed by atoms with Crippen molar-refractivity contribution in [3.05, 3.63) is 23.8 Å². The standard InChI is InChI=1S/C13H15N3O2/c1-13(2,12(17)18)16-6-5-15-10-4-3-9(8-14)7-11(10)16/h3-4,7,15H,5-6H2,1-2H3,(H,17,18). The summed E-state index contributed by atoms with van der Waals surface area (Å²) in [6, 6.07) is 7.35. The average molecular weight is 245 g/mol. The van der Waals surface area contributed by atoms with Gasteiger partial charge < -0.3 is 15.3 Å². The fourth-order valence-electron chi connectivity index (χ4n) is 2.09. The highest BCUT2D eigenvalue weighted by Gasteiger charge is 2.37. The second-order valence-corrected chi connectivity index (χ2v) is 4.79. The van der Waals surface area contributed by atoms with Gasteiger partial charge in [-0.15, -0.1) is 0 Å². The summed E-state index contributed by atoms with van der Waals surface area (Å²) in [5.74, 6) is -0.877. The number of nitrogens with zero attached hydrogens (tertiary/aromatic N) is 2. The minimum atomic E-state index is -0.995. The van der Waals surface area contributed by atoms with Gasteiger partial charge in [0.05, 0.1) is 23.0 Å². The Morgan fingerprint density at radius 1 is 1.56 bits per heavy atom. The van der Waals surface area contributed by atoms with E-state index in [1.165, 1.54) is 0 Å². The number of fused-ring (bicyclic) bond motifs is 1. The fourth-order valence-corrected chi connectivity index (χ4v) is 2.09. The Morgan fingerprint density at radius 3 is 2.89 bits per heavy atom. The first-order valence-corrected chi connectivity index (χ1v) is 5.76. The van der Waals surface area contributed by atoms with Gasteiger partial charge in [-0.05, 0) is 32.0 Å². The van der Waals surface area contributed by atoms with Crippen molar-refractivity contribution in [2.24, 2.45) is 0 Å². The lowest BCUT2D eigenvalue weighted by Crippen LogP contribution is -2.53. The van der Waals surface area contributed by atoms with Crippen LogP contribution in [-0.2, 0) is 4.79 Å². The van der Waals surface area contributed by atoms with Crippen molar-refractivity contribution in [3.8, 4) is 6.07 Å². The molecule has 1 aliphatic heterocycles. The van der Waals surface area contributed by atoms with E-state index in [0.717, 1.165) is 11.4 Å². The SMILES string of the molecule is CC(C)(C(=O)O)N1CCNc2ccc(C#N)cc21. The normalized spacial score (nSPS) is 14.4. The third kappa shape index (κ3) is 1.86. The molecule has 0 unspecified atom stereocenters. The molecule has 0 amide bonds. The van der Waals surface area contributed by atoms with Gasteiger partial charge in [-0.2, -0.15) is 5.26 Å². The van der Waals surface area contributed by atoms with Gasteiger partial charge in [-0.25, -0.2) is 4.79 Å². The summed E-state index contributed by atoms with van der Waals surface area (Å²) in [7, 11) is 0. The molecule has 2 N–H and O–H groups in total. The van der Waals surface area contributed by atoms with Crippen LogP contribution < -0.4 is 10.2 Å². The summed E-state index contributed by atoms with van der Waals surface area (Å²) in [6.45, 7) is 4.63. The minimum absolute atomic E-state index is 0.531. The topological polar surface area (TPSA) is 76.4 Å². The van der Waals surface area contributed by atoms with Gasteiger partial charge in [-0.3, -0.25) is 0 Å². The van der Waals surface area contributed by atoms with Gasteiger partial charge in [0.15, 0.2) is 0 Å². The first-order chi connectivity index (χ1) is 8.46. The molecule has 0 spiro atoms. The molecule has 0 saturated heterocycles. The second-order valence-electron chi connectivity index (χ2n) is 4.79. The molecule has 18 heavy (non-hydrogen) atoms. The van der Waals surface area contributed by atoms with Crippen LogP contribution in [0, 0.1) is 11.3 Å². The summed E-state index contributed by atoms with van der Waals surface area (Å²) in [5, 5.41) is 21.5. The molecule has 2 rings (SSSR count). The fraction of sp³-hybridized carbons (Fsp3) is 0.385. The first kappa shape index (κ1) is 12.2. The van der Waals surface area contributed by atoms with Crippen LogP contribution in [0.5, 0.6) is 0 Å². The van der Waals surface area contributed by atoms with Crippen LogP contribution in [0.1, 0.15) is 19.4 Å². The lowest BCUT2D eigenvalue weighted by molar-refractivity contribution is -0.142. The van der Waals surface area contributed by atoms with E-state index >= 15 is 0 Å². The molecule has 0 saturated carbocycles. The molecule has 0 fully saturated rings. The largest absolute Gasteiger partial charge is 0.480 e. The molecule has 0 radical (unpaired) electrons. The van der Waals surface area contributed by atoms with E-state index in [1.807, 2.05) is 11.0 Å². The van der Waals surface area contributed by atoms with Crippen molar-refractivity contribution >= 4 is 17.3 Å². The van der Waals surface area contributed by atoms with E-state index in [9.17, 15) is 9.90 Å². The summed E-state index contributed by atoms with van der Waals surface area (Å²) in [6.07, 6.45) is 0. The van der Waals surface area contributed by atoms with E-state index in [2.05, 4.69) is 11.4 Å². The molecule has 0 aliphatic carbocycles. The molecule has 0 atom stereocenters. The van der Waals surface area contributed by atoms with Crippen molar-refractivity contribution in [3.63, 3.8) is 0 Å². The Hall–Kier alpha value is -2.22. The Balaban J connectivity index is 2.50. The predicted molar refractivity (Wildman–Crippen MR) is 68.7 cm³/mol. The van der Waals surface area contributed by atoms with E-state index in [0.29, 0.717) is 18.7 Å². The number of rotatable bonds is 2. The van der Waals surface area contributed by atoms with Crippen molar-refractivity contribution in [2.45, 2.75) is 19.4 Å². The summed E-state index contributed by atoms with van der Waals surface area (Å²) in [5.41, 5.74) is 1.18. The number of hydrogen-bond donors (Lipinski definition) is 2. The lowest BCUT2D eigenvalue weighted by Gasteiger charge is -2.41.